The lowest BCUT2D eigenvalue weighted by Crippen LogP contribution is -2.13. The molecule has 1 aromatic carbocycles. The topological polar surface area (TPSA) is 42.7 Å². The number of aromatic nitrogens is 3. The molecule has 19 heavy (non-hydrogen) atoms. The Labute approximate surface area is 115 Å². The summed E-state index contributed by atoms with van der Waals surface area (Å²) < 4.78 is 15.4. The summed E-state index contributed by atoms with van der Waals surface area (Å²) in [6.45, 7) is 0.912. The van der Waals surface area contributed by atoms with Gasteiger partial charge in [-0.05, 0) is 42.0 Å². The van der Waals surface area contributed by atoms with E-state index in [4.69, 9.17) is 0 Å². The van der Waals surface area contributed by atoms with Crippen molar-refractivity contribution in [3.63, 3.8) is 0 Å². The van der Waals surface area contributed by atoms with Crippen molar-refractivity contribution in [2.75, 3.05) is 23.4 Å². The predicted octanol–water partition coefficient (Wildman–Crippen LogP) is 2.57. The number of hydrogen-bond acceptors (Lipinski definition) is 4. The fourth-order valence-electron chi connectivity index (χ4n) is 2.14. The number of rotatable bonds is 4. The average Bonchev–Trinajstić information content (AvgIpc) is 3.10. The van der Waals surface area contributed by atoms with E-state index in [1.54, 1.807) is 6.07 Å². The van der Waals surface area contributed by atoms with Crippen LogP contribution < -0.4 is 5.32 Å². The van der Waals surface area contributed by atoms with Crippen molar-refractivity contribution in [1.82, 2.24) is 14.8 Å². The Morgan fingerprint density at radius 3 is 3.11 bits per heavy atom. The van der Waals surface area contributed by atoms with Gasteiger partial charge in [-0.1, -0.05) is 0 Å². The highest BCUT2D eigenvalue weighted by atomic mass is 32.2. The van der Waals surface area contributed by atoms with E-state index in [1.165, 1.54) is 41.3 Å². The molecule has 4 nitrogen and oxygen atoms in total. The van der Waals surface area contributed by atoms with Gasteiger partial charge in [0.25, 0.3) is 0 Å². The Balaban J connectivity index is 1.68. The van der Waals surface area contributed by atoms with E-state index < -0.39 is 0 Å². The van der Waals surface area contributed by atoms with E-state index in [1.807, 2.05) is 17.8 Å². The average molecular weight is 278 g/mol. The second-order valence-corrected chi connectivity index (χ2v) is 5.77. The monoisotopic (exact) mass is 278 g/mol. The molecule has 6 heteroatoms. The number of anilines is 1. The van der Waals surface area contributed by atoms with Gasteiger partial charge in [-0.15, -0.1) is 0 Å². The van der Waals surface area contributed by atoms with Crippen molar-refractivity contribution >= 4 is 17.4 Å². The van der Waals surface area contributed by atoms with E-state index in [0.29, 0.717) is 11.6 Å². The van der Waals surface area contributed by atoms with E-state index >= 15 is 0 Å². The van der Waals surface area contributed by atoms with Gasteiger partial charge in [-0.3, -0.25) is 0 Å². The number of halogens is 1. The molecule has 1 aliphatic heterocycles. The van der Waals surface area contributed by atoms with Crippen molar-refractivity contribution < 1.29 is 4.39 Å². The lowest BCUT2D eigenvalue weighted by molar-refractivity contribution is 0.608. The maximum Gasteiger partial charge on any atom is 0.150 e. The molecule has 1 unspecified atom stereocenters. The number of hydrogen-bond donors (Lipinski definition) is 1. The van der Waals surface area contributed by atoms with Crippen molar-refractivity contribution in [1.29, 1.82) is 0 Å². The van der Waals surface area contributed by atoms with Crippen LogP contribution in [0.25, 0.3) is 5.69 Å². The first kappa shape index (κ1) is 12.5. The highest BCUT2D eigenvalue weighted by molar-refractivity contribution is 7.99. The van der Waals surface area contributed by atoms with E-state index in [2.05, 4.69) is 15.4 Å². The zero-order valence-electron chi connectivity index (χ0n) is 10.4. The first-order valence-corrected chi connectivity index (χ1v) is 7.44. The minimum atomic E-state index is -0.295. The standard InChI is InChI=1S/C13H15FN4S/c14-12-5-11(16-6-10-3-4-19-7-10)1-2-13(12)18-9-15-8-17-18/h1-2,5,8-10,16H,3-4,6-7H2. The van der Waals surface area contributed by atoms with Gasteiger partial charge in [0.15, 0.2) is 5.82 Å². The van der Waals surface area contributed by atoms with Crippen LogP contribution in [0.2, 0.25) is 0 Å². The van der Waals surface area contributed by atoms with Gasteiger partial charge in [-0.2, -0.15) is 16.9 Å². The van der Waals surface area contributed by atoms with Crippen molar-refractivity contribution in [2.24, 2.45) is 5.92 Å². The van der Waals surface area contributed by atoms with E-state index in [9.17, 15) is 4.39 Å². The SMILES string of the molecule is Fc1cc(NCC2CCSC2)ccc1-n1cncn1. The third-order valence-electron chi connectivity index (χ3n) is 3.23. The van der Waals surface area contributed by atoms with Crippen LogP contribution >= 0.6 is 11.8 Å². The predicted molar refractivity (Wildman–Crippen MR) is 75.2 cm³/mol. The Morgan fingerprint density at radius 2 is 2.42 bits per heavy atom. The maximum atomic E-state index is 14.0. The van der Waals surface area contributed by atoms with Crippen LogP contribution in [0.15, 0.2) is 30.9 Å². The third-order valence-corrected chi connectivity index (χ3v) is 4.46. The molecule has 0 aliphatic carbocycles. The molecule has 0 spiro atoms. The molecule has 0 radical (unpaired) electrons. The minimum absolute atomic E-state index is 0.295. The molecule has 1 aromatic heterocycles. The number of nitrogens with zero attached hydrogens (tertiary/aromatic N) is 3. The van der Waals surface area contributed by atoms with E-state index in [0.717, 1.165) is 12.2 Å². The smallest absolute Gasteiger partial charge is 0.150 e. The van der Waals surface area contributed by atoms with Crippen LogP contribution in [0.3, 0.4) is 0 Å². The fraction of sp³-hybridized carbons (Fsp3) is 0.385. The molecule has 2 aromatic rings. The molecular formula is C13H15FN4S. The molecule has 1 aliphatic rings. The first-order valence-electron chi connectivity index (χ1n) is 6.29. The summed E-state index contributed by atoms with van der Waals surface area (Å²) >= 11 is 1.99. The molecule has 1 saturated heterocycles. The highest BCUT2D eigenvalue weighted by Gasteiger charge is 2.15. The fourth-order valence-corrected chi connectivity index (χ4v) is 3.43. The molecule has 100 valence electrons. The van der Waals surface area contributed by atoms with Gasteiger partial charge in [-0.25, -0.2) is 14.1 Å². The summed E-state index contributed by atoms with van der Waals surface area (Å²) in [5.41, 5.74) is 1.23. The molecular weight excluding hydrogens is 263 g/mol. The Morgan fingerprint density at radius 1 is 1.47 bits per heavy atom. The lowest BCUT2D eigenvalue weighted by atomic mass is 10.1. The van der Waals surface area contributed by atoms with Crippen molar-refractivity contribution in [3.05, 3.63) is 36.7 Å². The maximum absolute atomic E-state index is 14.0. The molecule has 0 amide bonds. The van der Waals surface area contributed by atoms with Crippen LogP contribution in [-0.2, 0) is 0 Å². The van der Waals surface area contributed by atoms with Crippen molar-refractivity contribution in [3.8, 4) is 5.69 Å². The summed E-state index contributed by atoms with van der Waals surface area (Å²) in [6.07, 6.45) is 4.13. The highest BCUT2D eigenvalue weighted by Crippen LogP contribution is 2.24. The van der Waals surface area contributed by atoms with Crippen LogP contribution in [0.4, 0.5) is 10.1 Å². The van der Waals surface area contributed by atoms with Gasteiger partial charge in [0.1, 0.15) is 18.3 Å². The zero-order valence-corrected chi connectivity index (χ0v) is 11.2. The van der Waals surface area contributed by atoms with Gasteiger partial charge in [0.2, 0.25) is 0 Å². The number of thioether (sulfide) groups is 1. The largest absolute Gasteiger partial charge is 0.385 e. The zero-order chi connectivity index (χ0) is 13.1. The van der Waals surface area contributed by atoms with Gasteiger partial charge < -0.3 is 5.32 Å². The van der Waals surface area contributed by atoms with Crippen LogP contribution in [-0.4, -0.2) is 32.8 Å². The van der Waals surface area contributed by atoms with Crippen molar-refractivity contribution in [2.45, 2.75) is 6.42 Å². The summed E-state index contributed by atoms with van der Waals surface area (Å²) in [5.74, 6) is 2.85. The molecule has 1 N–H and O–H groups in total. The molecule has 0 saturated carbocycles. The molecule has 3 rings (SSSR count). The summed E-state index contributed by atoms with van der Waals surface area (Å²) in [5, 5.41) is 7.23. The van der Waals surface area contributed by atoms with Crippen LogP contribution in [0.1, 0.15) is 6.42 Å². The first-order chi connectivity index (χ1) is 9.33. The lowest BCUT2D eigenvalue weighted by Gasteiger charge is -2.12. The third kappa shape index (κ3) is 2.89. The summed E-state index contributed by atoms with van der Waals surface area (Å²) in [7, 11) is 0. The van der Waals surface area contributed by atoms with E-state index in [-0.39, 0.29) is 5.82 Å². The molecule has 1 atom stereocenters. The van der Waals surface area contributed by atoms with Gasteiger partial charge >= 0.3 is 0 Å². The second-order valence-electron chi connectivity index (χ2n) is 4.62. The van der Waals surface area contributed by atoms with Crippen LogP contribution in [0, 0.1) is 11.7 Å². The number of nitrogens with one attached hydrogen (secondary N) is 1. The Hall–Kier alpha value is -1.56. The quantitative estimate of drug-likeness (QED) is 0.933. The second kappa shape index (κ2) is 5.61. The molecule has 1 fully saturated rings. The van der Waals surface area contributed by atoms with Gasteiger partial charge in [0, 0.05) is 12.2 Å². The van der Waals surface area contributed by atoms with Gasteiger partial charge in [0.05, 0.1) is 0 Å². The minimum Gasteiger partial charge on any atom is -0.385 e. The molecule has 2 heterocycles. The van der Waals surface area contributed by atoms with Crippen LogP contribution in [0.5, 0.6) is 0 Å². The Bertz CT molecular complexity index is 538. The normalized spacial score (nSPS) is 18.7. The summed E-state index contributed by atoms with van der Waals surface area (Å²) in [4.78, 5) is 3.82. The Kier molecular flexibility index (Phi) is 3.68. The number of benzene rings is 1. The summed E-state index contributed by atoms with van der Waals surface area (Å²) in [6, 6.07) is 5.11. The molecule has 0 bridgehead atoms.